The van der Waals surface area contributed by atoms with Gasteiger partial charge < -0.3 is 14.9 Å². The molecule has 2 rings (SSSR count). The number of carbonyl (C=O) groups is 1. The molecular formula is C19H23NO4. The molecule has 5 nitrogen and oxygen atoms in total. The van der Waals surface area contributed by atoms with E-state index in [0.29, 0.717) is 5.56 Å². The van der Waals surface area contributed by atoms with Crippen LogP contribution in [0.4, 0.5) is 10.5 Å². The maximum atomic E-state index is 12.1. The first-order valence-corrected chi connectivity index (χ1v) is 7.70. The van der Waals surface area contributed by atoms with Crippen molar-refractivity contribution in [2.75, 3.05) is 11.9 Å². The van der Waals surface area contributed by atoms with Gasteiger partial charge >= 0.3 is 6.09 Å². The van der Waals surface area contributed by atoms with E-state index in [1.165, 1.54) is 4.90 Å². The molecule has 0 saturated carbocycles. The molecule has 0 aliphatic heterocycles. The summed E-state index contributed by atoms with van der Waals surface area (Å²) in [6.45, 7) is 5.48. The second-order valence-corrected chi connectivity index (χ2v) is 6.58. The summed E-state index contributed by atoms with van der Waals surface area (Å²) in [6, 6.07) is 14.5. The molecule has 0 spiro atoms. The van der Waals surface area contributed by atoms with Crippen LogP contribution in [0, 0.1) is 0 Å². The number of amides is 1. The third-order valence-electron chi connectivity index (χ3n) is 3.46. The smallest absolute Gasteiger partial charge is 0.414 e. The van der Waals surface area contributed by atoms with Crippen molar-refractivity contribution >= 4 is 11.8 Å². The van der Waals surface area contributed by atoms with Crippen LogP contribution in [0.2, 0.25) is 0 Å². The lowest BCUT2D eigenvalue weighted by atomic mass is 10.0. The summed E-state index contributed by atoms with van der Waals surface area (Å²) < 4.78 is 5.34. The van der Waals surface area contributed by atoms with Crippen molar-refractivity contribution in [2.45, 2.75) is 32.7 Å². The topological polar surface area (TPSA) is 70.0 Å². The van der Waals surface area contributed by atoms with E-state index in [4.69, 9.17) is 14.9 Å². The van der Waals surface area contributed by atoms with Crippen molar-refractivity contribution in [1.29, 1.82) is 0 Å². The minimum Gasteiger partial charge on any atom is -0.443 e. The van der Waals surface area contributed by atoms with Gasteiger partial charge in [-0.1, -0.05) is 36.4 Å². The minimum atomic E-state index is -1.47. The monoisotopic (exact) mass is 329 g/mol. The van der Waals surface area contributed by atoms with Gasteiger partial charge in [0.25, 0.3) is 0 Å². The van der Waals surface area contributed by atoms with Crippen molar-refractivity contribution in [2.24, 2.45) is 0 Å². The first-order chi connectivity index (χ1) is 11.2. The molecule has 0 saturated heterocycles. The second kappa shape index (κ2) is 7.03. The van der Waals surface area contributed by atoms with E-state index in [1.54, 1.807) is 19.2 Å². The van der Waals surface area contributed by atoms with Gasteiger partial charge in [0, 0.05) is 18.3 Å². The van der Waals surface area contributed by atoms with Crippen LogP contribution in [0.3, 0.4) is 0 Å². The normalized spacial score (nSPS) is 11.5. The number of hydrogen-bond acceptors (Lipinski definition) is 4. The van der Waals surface area contributed by atoms with Crippen LogP contribution in [-0.2, 0) is 4.74 Å². The summed E-state index contributed by atoms with van der Waals surface area (Å²) >= 11 is 0. The van der Waals surface area contributed by atoms with E-state index < -0.39 is 18.0 Å². The Balaban J connectivity index is 2.14. The standard InChI is InChI=1S/C19H23NO4/c1-19(2,3)24-18(23)20(4)16-11-9-14(10-12-16)13-5-7-15(8-6-13)17(21)22/h5-12,17,21-22H,1-4H3. The number of nitrogens with zero attached hydrogens (tertiary/aromatic N) is 1. The molecule has 2 aromatic carbocycles. The fraction of sp³-hybridized carbons (Fsp3) is 0.316. The molecule has 1 amide bonds. The SMILES string of the molecule is CN(C(=O)OC(C)(C)C)c1ccc(-c2ccc(C(O)O)cc2)cc1. The quantitative estimate of drug-likeness (QED) is 0.842. The minimum absolute atomic E-state index is 0.406. The summed E-state index contributed by atoms with van der Waals surface area (Å²) in [4.78, 5) is 13.5. The third kappa shape index (κ3) is 4.57. The van der Waals surface area contributed by atoms with Crippen LogP contribution in [0.5, 0.6) is 0 Å². The molecule has 0 aliphatic rings. The summed E-state index contributed by atoms with van der Waals surface area (Å²) in [7, 11) is 1.67. The van der Waals surface area contributed by atoms with Gasteiger partial charge in [0.1, 0.15) is 5.60 Å². The highest BCUT2D eigenvalue weighted by atomic mass is 16.6. The highest BCUT2D eigenvalue weighted by Crippen LogP contribution is 2.25. The van der Waals surface area contributed by atoms with Crippen molar-refractivity contribution < 1.29 is 19.7 Å². The number of hydrogen-bond donors (Lipinski definition) is 2. The van der Waals surface area contributed by atoms with Crippen LogP contribution >= 0.6 is 0 Å². The number of carbonyl (C=O) groups excluding carboxylic acids is 1. The van der Waals surface area contributed by atoms with Crippen molar-refractivity contribution in [3.05, 3.63) is 54.1 Å². The Morgan fingerprint density at radius 2 is 1.42 bits per heavy atom. The molecule has 2 aromatic rings. The number of aliphatic hydroxyl groups is 2. The molecule has 2 N–H and O–H groups in total. The van der Waals surface area contributed by atoms with Gasteiger partial charge in [-0.3, -0.25) is 4.90 Å². The number of anilines is 1. The zero-order chi connectivity index (χ0) is 17.9. The molecule has 0 aromatic heterocycles. The fourth-order valence-electron chi connectivity index (χ4n) is 2.16. The predicted octanol–water partition coefficient (Wildman–Crippen LogP) is 3.71. The molecule has 0 unspecified atom stereocenters. The Kier molecular flexibility index (Phi) is 5.26. The molecule has 0 aliphatic carbocycles. The average Bonchev–Trinajstić information content (AvgIpc) is 2.53. The summed E-state index contributed by atoms with van der Waals surface area (Å²) in [5.74, 6) is 0. The molecule has 0 atom stereocenters. The number of ether oxygens (including phenoxy) is 1. The highest BCUT2D eigenvalue weighted by molar-refractivity contribution is 5.87. The molecule has 5 heteroatoms. The van der Waals surface area contributed by atoms with E-state index in [9.17, 15) is 4.79 Å². The Hall–Kier alpha value is -2.37. The van der Waals surface area contributed by atoms with Crippen molar-refractivity contribution in [1.82, 2.24) is 0 Å². The Labute approximate surface area is 142 Å². The van der Waals surface area contributed by atoms with Crippen molar-refractivity contribution in [3.63, 3.8) is 0 Å². The lowest BCUT2D eigenvalue weighted by Gasteiger charge is -2.24. The molecule has 0 bridgehead atoms. The summed E-state index contributed by atoms with van der Waals surface area (Å²) in [6.07, 6.45) is -1.87. The summed E-state index contributed by atoms with van der Waals surface area (Å²) in [5, 5.41) is 18.2. The van der Waals surface area contributed by atoms with E-state index in [2.05, 4.69) is 0 Å². The first kappa shape index (κ1) is 18.0. The van der Waals surface area contributed by atoms with Gasteiger partial charge in [-0.15, -0.1) is 0 Å². The number of rotatable bonds is 3. The fourth-order valence-corrected chi connectivity index (χ4v) is 2.16. The van der Waals surface area contributed by atoms with Gasteiger partial charge in [0.15, 0.2) is 6.29 Å². The van der Waals surface area contributed by atoms with Gasteiger partial charge in [-0.25, -0.2) is 4.79 Å². The number of benzene rings is 2. The molecule has 0 heterocycles. The van der Waals surface area contributed by atoms with Crippen LogP contribution in [0.1, 0.15) is 32.6 Å². The highest BCUT2D eigenvalue weighted by Gasteiger charge is 2.20. The second-order valence-electron chi connectivity index (χ2n) is 6.58. The first-order valence-electron chi connectivity index (χ1n) is 7.70. The Bertz CT molecular complexity index is 685. The van der Waals surface area contributed by atoms with Crippen LogP contribution < -0.4 is 4.90 Å². The zero-order valence-electron chi connectivity index (χ0n) is 14.4. The lowest BCUT2D eigenvalue weighted by molar-refractivity contribution is -0.0424. The number of aliphatic hydroxyl groups excluding tert-OH is 1. The Morgan fingerprint density at radius 3 is 1.83 bits per heavy atom. The third-order valence-corrected chi connectivity index (χ3v) is 3.46. The average molecular weight is 329 g/mol. The maximum Gasteiger partial charge on any atom is 0.414 e. The van der Waals surface area contributed by atoms with Crippen molar-refractivity contribution in [3.8, 4) is 11.1 Å². The maximum absolute atomic E-state index is 12.1. The molecule has 0 radical (unpaired) electrons. The van der Waals surface area contributed by atoms with Gasteiger partial charge in [-0.05, 0) is 44.0 Å². The molecule has 128 valence electrons. The molecule has 24 heavy (non-hydrogen) atoms. The molecule has 0 fully saturated rings. The largest absolute Gasteiger partial charge is 0.443 e. The van der Waals surface area contributed by atoms with E-state index in [0.717, 1.165) is 16.8 Å². The van der Waals surface area contributed by atoms with Gasteiger partial charge in [0.05, 0.1) is 0 Å². The lowest BCUT2D eigenvalue weighted by Crippen LogP contribution is -2.34. The van der Waals surface area contributed by atoms with E-state index in [-0.39, 0.29) is 0 Å². The molecular weight excluding hydrogens is 306 g/mol. The summed E-state index contributed by atoms with van der Waals surface area (Å²) in [5.41, 5.74) is 2.56. The van der Waals surface area contributed by atoms with E-state index in [1.807, 2.05) is 57.2 Å². The van der Waals surface area contributed by atoms with Gasteiger partial charge in [0.2, 0.25) is 0 Å². The van der Waals surface area contributed by atoms with Crippen LogP contribution in [0.15, 0.2) is 48.5 Å². The van der Waals surface area contributed by atoms with Crippen LogP contribution in [-0.4, -0.2) is 29.0 Å². The zero-order valence-corrected chi connectivity index (χ0v) is 14.4. The Morgan fingerprint density at radius 1 is 0.958 bits per heavy atom. The predicted molar refractivity (Wildman–Crippen MR) is 93.7 cm³/mol. The van der Waals surface area contributed by atoms with Crippen LogP contribution in [0.25, 0.3) is 11.1 Å². The van der Waals surface area contributed by atoms with E-state index >= 15 is 0 Å². The van der Waals surface area contributed by atoms with Gasteiger partial charge in [-0.2, -0.15) is 0 Å².